The van der Waals surface area contributed by atoms with Gasteiger partial charge in [-0.05, 0) is 47.5 Å². The fourth-order valence-corrected chi connectivity index (χ4v) is 2.49. The van der Waals surface area contributed by atoms with E-state index in [1.165, 1.54) is 12.1 Å². The zero-order chi connectivity index (χ0) is 14.7. The molecule has 0 fully saturated rings. The number of hydrogen-bond donors (Lipinski definition) is 0. The zero-order valence-corrected chi connectivity index (χ0v) is 13.6. The fraction of sp³-hybridized carbons (Fsp3) is 0.357. The van der Waals surface area contributed by atoms with Gasteiger partial charge < -0.3 is 4.74 Å². The van der Waals surface area contributed by atoms with E-state index in [0.717, 1.165) is 22.4 Å². The standard InChI is InChI=1S/C14H15BrClFN2O/c1-3-19-13(14(15)9(2)18-19)8-20-12-5-10(7-16)4-11(17)6-12/h4-6H,3,7-8H2,1-2H3. The van der Waals surface area contributed by atoms with Crippen LogP contribution in [0.1, 0.15) is 23.9 Å². The summed E-state index contributed by atoms with van der Waals surface area (Å²) in [6.07, 6.45) is 0. The van der Waals surface area contributed by atoms with Crippen LogP contribution in [0.2, 0.25) is 0 Å². The van der Waals surface area contributed by atoms with Gasteiger partial charge in [-0.1, -0.05) is 0 Å². The minimum absolute atomic E-state index is 0.254. The maximum atomic E-state index is 13.4. The van der Waals surface area contributed by atoms with Crippen LogP contribution in [0.25, 0.3) is 0 Å². The van der Waals surface area contributed by atoms with Gasteiger partial charge in [-0.2, -0.15) is 5.10 Å². The smallest absolute Gasteiger partial charge is 0.131 e. The van der Waals surface area contributed by atoms with Crippen molar-refractivity contribution in [3.63, 3.8) is 0 Å². The largest absolute Gasteiger partial charge is 0.487 e. The third-order valence-electron chi connectivity index (χ3n) is 2.91. The molecule has 0 N–H and O–H groups in total. The lowest BCUT2D eigenvalue weighted by molar-refractivity contribution is 0.290. The van der Waals surface area contributed by atoms with Gasteiger partial charge in [-0.15, -0.1) is 11.6 Å². The number of benzene rings is 1. The molecule has 1 heterocycles. The molecule has 0 unspecified atom stereocenters. The normalized spacial score (nSPS) is 10.8. The van der Waals surface area contributed by atoms with Crippen LogP contribution in [0, 0.1) is 12.7 Å². The van der Waals surface area contributed by atoms with Gasteiger partial charge in [0, 0.05) is 18.5 Å². The molecule has 1 aromatic heterocycles. The quantitative estimate of drug-likeness (QED) is 0.737. The Morgan fingerprint density at radius 3 is 2.80 bits per heavy atom. The fourth-order valence-electron chi connectivity index (χ4n) is 1.94. The van der Waals surface area contributed by atoms with Crippen LogP contribution in [-0.4, -0.2) is 9.78 Å². The van der Waals surface area contributed by atoms with Crippen molar-refractivity contribution in [3.05, 3.63) is 45.4 Å². The number of aromatic nitrogens is 2. The number of rotatable bonds is 5. The molecule has 1 aromatic carbocycles. The predicted molar refractivity (Wildman–Crippen MR) is 80.6 cm³/mol. The lowest BCUT2D eigenvalue weighted by atomic mass is 10.2. The van der Waals surface area contributed by atoms with Gasteiger partial charge in [0.15, 0.2) is 0 Å². The molecule has 0 aliphatic rings. The van der Waals surface area contributed by atoms with E-state index in [4.69, 9.17) is 16.3 Å². The molecule has 0 spiro atoms. The van der Waals surface area contributed by atoms with Crippen LogP contribution in [0.4, 0.5) is 4.39 Å². The molecule has 3 nitrogen and oxygen atoms in total. The van der Waals surface area contributed by atoms with Gasteiger partial charge in [0.1, 0.15) is 18.2 Å². The van der Waals surface area contributed by atoms with Crippen molar-refractivity contribution in [2.75, 3.05) is 0 Å². The van der Waals surface area contributed by atoms with Crippen LogP contribution in [-0.2, 0) is 19.0 Å². The maximum absolute atomic E-state index is 13.4. The molecule has 6 heteroatoms. The van der Waals surface area contributed by atoms with Gasteiger partial charge in [-0.3, -0.25) is 4.68 Å². The Hall–Kier alpha value is -1.07. The second-order valence-corrected chi connectivity index (χ2v) is 5.44. The van der Waals surface area contributed by atoms with E-state index in [1.807, 2.05) is 18.5 Å². The molecule has 0 saturated carbocycles. The highest BCUT2D eigenvalue weighted by atomic mass is 79.9. The van der Waals surface area contributed by atoms with Crippen LogP contribution in [0.3, 0.4) is 0 Å². The number of alkyl halides is 1. The van der Waals surface area contributed by atoms with Crippen molar-refractivity contribution >= 4 is 27.5 Å². The molecule has 0 atom stereocenters. The number of nitrogens with zero attached hydrogens (tertiary/aromatic N) is 2. The summed E-state index contributed by atoms with van der Waals surface area (Å²) in [5.74, 6) is 0.371. The minimum Gasteiger partial charge on any atom is -0.487 e. The van der Waals surface area contributed by atoms with Gasteiger partial charge in [0.25, 0.3) is 0 Å². The Kier molecular flexibility index (Phi) is 5.05. The van der Waals surface area contributed by atoms with Crippen LogP contribution in [0.5, 0.6) is 5.75 Å². The average molecular weight is 362 g/mol. The van der Waals surface area contributed by atoms with E-state index in [1.54, 1.807) is 6.07 Å². The molecule has 0 aliphatic carbocycles. The average Bonchev–Trinajstić information content (AvgIpc) is 2.71. The SMILES string of the molecule is CCn1nc(C)c(Br)c1COc1cc(F)cc(CCl)c1. The van der Waals surface area contributed by atoms with Crippen molar-refractivity contribution in [1.82, 2.24) is 9.78 Å². The summed E-state index contributed by atoms with van der Waals surface area (Å²) >= 11 is 9.22. The third-order valence-corrected chi connectivity index (χ3v) is 4.25. The summed E-state index contributed by atoms with van der Waals surface area (Å²) in [4.78, 5) is 0. The van der Waals surface area contributed by atoms with Crippen molar-refractivity contribution in [2.24, 2.45) is 0 Å². The number of ether oxygens (including phenoxy) is 1. The Balaban J connectivity index is 2.18. The topological polar surface area (TPSA) is 27.1 Å². The van der Waals surface area contributed by atoms with Crippen molar-refractivity contribution < 1.29 is 9.13 Å². The molecule has 0 amide bonds. The number of hydrogen-bond acceptors (Lipinski definition) is 2. The van der Waals surface area contributed by atoms with E-state index in [2.05, 4.69) is 21.0 Å². The molecular weight excluding hydrogens is 347 g/mol. The maximum Gasteiger partial charge on any atom is 0.131 e. The lowest BCUT2D eigenvalue weighted by Gasteiger charge is -2.09. The third kappa shape index (κ3) is 3.33. The minimum atomic E-state index is -0.350. The highest BCUT2D eigenvalue weighted by molar-refractivity contribution is 9.10. The van der Waals surface area contributed by atoms with Crippen LogP contribution in [0.15, 0.2) is 22.7 Å². The monoisotopic (exact) mass is 360 g/mol. The first-order valence-corrected chi connectivity index (χ1v) is 7.58. The summed E-state index contributed by atoms with van der Waals surface area (Å²) in [5, 5.41) is 4.39. The van der Waals surface area contributed by atoms with E-state index in [9.17, 15) is 4.39 Å². The first-order chi connectivity index (χ1) is 9.55. The highest BCUT2D eigenvalue weighted by Crippen LogP contribution is 2.24. The summed E-state index contributed by atoms with van der Waals surface area (Å²) < 4.78 is 21.9. The molecular formula is C14H15BrClFN2O. The molecule has 0 saturated heterocycles. The predicted octanol–water partition coefficient (Wildman–Crippen LogP) is 4.43. The van der Waals surface area contributed by atoms with Crippen molar-refractivity contribution in [2.45, 2.75) is 32.9 Å². The van der Waals surface area contributed by atoms with Crippen molar-refractivity contribution in [1.29, 1.82) is 0 Å². The van der Waals surface area contributed by atoms with Crippen LogP contribution < -0.4 is 4.74 Å². The highest BCUT2D eigenvalue weighted by Gasteiger charge is 2.13. The molecule has 0 radical (unpaired) electrons. The first kappa shape index (κ1) is 15.3. The second-order valence-electron chi connectivity index (χ2n) is 4.38. The summed E-state index contributed by atoms with van der Waals surface area (Å²) in [6, 6.07) is 4.49. The first-order valence-electron chi connectivity index (χ1n) is 6.25. The van der Waals surface area contributed by atoms with E-state index >= 15 is 0 Å². The lowest BCUT2D eigenvalue weighted by Crippen LogP contribution is -2.06. The molecule has 2 aromatic rings. The van der Waals surface area contributed by atoms with Gasteiger partial charge >= 0.3 is 0 Å². The second kappa shape index (κ2) is 6.59. The molecule has 20 heavy (non-hydrogen) atoms. The van der Waals surface area contributed by atoms with Crippen LogP contribution >= 0.6 is 27.5 Å². The zero-order valence-electron chi connectivity index (χ0n) is 11.3. The molecule has 108 valence electrons. The Labute approximate surface area is 130 Å². The Morgan fingerprint density at radius 2 is 2.15 bits per heavy atom. The molecule has 2 rings (SSSR count). The Bertz CT molecular complexity index is 615. The molecule has 0 bridgehead atoms. The van der Waals surface area contributed by atoms with E-state index in [0.29, 0.717) is 17.9 Å². The summed E-state index contributed by atoms with van der Waals surface area (Å²) in [6.45, 7) is 5.01. The summed E-state index contributed by atoms with van der Waals surface area (Å²) in [5.41, 5.74) is 2.54. The van der Waals surface area contributed by atoms with Gasteiger partial charge in [0.2, 0.25) is 0 Å². The Morgan fingerprint density at radius 1 is 1.40 bits per heavy atom. The van der Waals surface area contributed by atoms with Gasteiger partial charge in [-0.25, -0.2) is 4.39 Å². The summed E-state index contributed by atoms with van der Waals surface area (Å²) in [7, 11) is 0. The van der Waals surface area contributed by atoms with E-state index < -0.39 is 0 Å². The molecule has 0 aliphatic heterocycles. The number of aryl methyl sites for hydroxylation is 2. The van der Waals surface area contributed by atoms with E-state index in [-0.39, 0.29) is 11.7 Å². The van der Waals surface area contributed by atoms with Gasteiger partial charge in [0.05, 0.1) is 15.9 Å². The van der Waals surface area contributed by atoms with Crippen molar-refractivity contribution in [3.8, 4) is 5.75 Å². The number of halogens is 3.